The van der Waals surface area contributed by atoms with Gasteiger partial charge in [0.2, 0.25) is 0 Å². The highest BCUT2D eigenvalue weighted by Crippen LogP contribution is 2.60. The van der Waals surface area contributed by atoms with Crippen LogP contribution in [0.15, 0.2) is 29.3 Å². The Morgan fingerprint density at radius 3 is 2.71 bits per heavy atom. The van der Waals surface area contributed by atoms with Crippen LogP contribution in [0.3, 0.4) is 0 Å². The number of guanidine groups is 1. The van der Waals surface area contributed by atoms with E-state index < -0.39 is 0 Å². The lowest BCUT2D eigenvalue weighted by molar-refractivity contribution is -0.125. The van der Waals surface area contributed by atoms with Gasteiger partial charge >= 0.3 is 0 Å². The summed E-state index contributed by atoms with van der Waals surface area (Å²) >= 11 is 0. The molecule has 2 aliphatic carbocycles. The molecule has 1 aromatic rings. The molecular weight excluding hydrogens is 350 g/mol. The Hall–Kier alpha value is -1.75. The van der Waals surface area contributed by atoms with E-state index in [-0.39, 0.29) is 11.6 Å². The summed E-state index contributed by atoms with van der Waals surface area (Å²) in [7, 11) is 1.88. The minimum absolute atomic E-state index is 0.196. The molecule has 3 fully saturated rings. The molecule has 5 heteroatoms. The fourth-order valence-corrected chi connectivity index (χ4v) is 6.32. The Bertz CT molecular complexity index is 769. The fourth-order valence-electron chi connectivity index (χ4n) is 6.32. The van der Waals surface area contributed by atoms with Crippen molar-refractivity contribution in [2.45, 2.75) is 76.2 Å². The van der Waals surface area contributed by atoms with E-state index >= 15 is 0 Å². The van der Waals surface area contributed by atoms with Crippen molar-refractivity contribution < 1.29 is 9.47 Å². The molecule has 1 spiro atoms. The highest BCUT2D eigenvalue weighted by Gasteiger charge is 2.65. The Balaban J connectivity index is 1.35. The van der Waals surface area contributed by atoms with Gasteiger partial charge in [-0.2, -0.15) is 0 Å². The van der Waals surface area contributed by atoms with Gasteiger partial charge < -0.3 is 20.1 Å². The van der Waals surface area contributed by atoms with Crippen molar-refractivity contribution in [1.29, 1.82) is 0 Å². The first kappa shape index (κ1) is 18.3. The molecule has 2 aliphatic heterocycles. The van der Waals surface area contributed by atoms with Crippen LogP contribution in [-0.2, 0) is 4.74 Å². The lowest BCUT2D eigenvalue weighted by Crippen LogP contribution is -2.69. The summed E-state index contributed by atoms with van der Waals surface area (Å²) in [6, 6.07) is 9.05. The first-order chi connectivity index (χ1) is 13.5. The maximum atomic E-state index is 6.19. The molecule has 2 saturated carbocycles. The van der Waals surface area contributed by atoms with E-state index in [4.69, 9.17) is 9.47 Å². The number of nitrogens with zero attached hydrogens (tertiary/aromatic N) is 1. The molecule has 4 unspecified atom stereocenters. The highest BCUT2D eigenvalue weighted by atomic mass is 16.5. The van der Waals surface area contributed by atoms with Crippen molar-refractivity contribution in [3.05, 3.63) is 29.8 Å². The molecule has 5 rings (SSSR count). The Labute approximate surface area is 168 Å². The minimum Gasteiger partial charge on any atom is -0.487 e. The zero-order chi connectivity index (χ0) is 19.4. The Morgan fingerprint density at radius 1 is 1.14 bits per heavy atom. The zero-order valence-corrected chi connectivity index (χ0v) is 17.3. The van der Waals surface area contributed by atoms with Gasteiger partial charge in [0.15, 0.2) is 5.96 Å². The van der Waals surface area contributed by atoms with Gasteiger partial charge in [-0.3, -0.25) is 4.99 Å². The van der Waals surface area contributed by atoms with Crippen LogP contribution >= 0.6 is 0 Å². The van der Waals surface area contributed by atoms with Crippen LogP contribution in [0.5, 0.6) is 5.75 Å². The van der Waals surface area contributed by atoms with Crippen molar-refractivity contribution >= 4 is 5.96 Å². The second-order valence-corrected chi connectivity index (χ2v) is 9.68. The van der Waals surface area contributed by atoms with Gasteiger partial charge in [-0.1, -0.05) is 31.0 Å². The molecule has 5 nitrogen and oxygen atoms in total. The van der Waals surface area contributed by atoms with Crippen molar-refractivity contribution in [3.8, 4) is 5.75 Å². The van der Waals surface area contributed by atoms with Gasteiger partial charge in [-0.05, 0) is 39.2 Å². The molecule has 0 radical (unpaired) electrons. The van der Waals surface area contributed by atoms with Crippen LogP contribution in [0.4, 0.5) is 0 Å². The summed E-state index contributed by atoms with van der Waals surface area (Å²) < 4.78 is 12.3. The molecule has 2 N–H and O–H groups in total. The normalized spacial score (nSPS) is 34.9. The monoisotopic (exact) mass is 383 g/mol. The Morgan fingerprint density at radius 2 is 1.93 bits per heavy atom. The fraction of sp³-hybridized carbons (Fsp3) is 0.696. The van der Waals surface area contributed by atoms with Crippen LogP contribution in [0, 0.1) is 11.3 Å². The summed E-state index contributed by atoms with van der Waals surface area (Å²) in [6.45, 7) is 5.24. The molecule has 28 heavy (non-hydrogen) atoms. The maximum Gasteiger partial charge on any atom is 0.191 e. The summed E-state index contributed by atoms with van der Waals surface area (Å²) in [5.41, 5.74) is 1.35. The summed E-state index contributed by atoms with van der Waals surface area (Å²) in [4.78, 5) is 4.61. The number of para-hydroxylation sites is 1. The molecule has 4 aliphatic rings. The van der Waals surface area contributed by atoms with Gasteiger partial charge in [-0.25, -0.2) is 0 Å². The van der Waals surface area contributed by atoms with Crippen LogP contribution in [0.1, 0.15) is 64.0 Å². The third kappa shape index (κ3) is 2.81. The predicted octanol–water partition coefficient (Wildman–Crippen LogP) is 3.80. The second kappa shape index (κ2) is 6.65. The number of hydrogen-bond acceptors (Lipinski definition) is 3. The number of benzene rings is 1. The molecule has 4 atom stereocenters. The van der Waals surface area contributed by atoms with Crippen molar-refractivity contribution in [2.75, 3.05) is 13.7 Å². The van der Waals surface area contributed by atoms with E-state index in [0.717, 1.165) is 24.7 Å². The first-order valence-electron chi connectivity index (χ1n) is 10.9. The van der Waals surface area contributed by atoms with Gasteiger partial charge in [0.1, 0.15) is 11.4 Å². The standard InChI is InChI=1S/C23H33N3O2/c1-22(2)14-17(15-8-4-5-9-18(15)28-22)25-21(24-3)26-19-16-10-13-27-20(16)23(19)11-6-7-12-23/h4-5,8-9,16-17,19-20H,6-7,10-14H2,1-3H3,(H2,24,25,26). The smallest absolute Gasteiger partial charge is 0.191 e. The van der Waals surface area contributed by atoms with Crippen molar-refractivity contribution in [2.24, 2.45) is 16.3 Å². The summed E-state index contributed by atoms with van der Waals surface area (Å²) in [6.07, 6.45) is 7.79. The summed E-state index contributed by atoms with van der Waals surface area (Å²) in [5.74, 6) is 2.53. The number of nitrogens with one attached hydrogen (secondary N) is 2. The number of aliphatic imine (C=N–C) groups is 1. The van der Waals surface area contributed by atoms with Gasteiger partial charge in [0.25, 0.3) is 0 Å². The lowest BCUT2D eigenvalue weighted by Gasteiger charge is -2.57. The molecule has 0 aromatic heterocycles. The third-order valence-electron chi connectivity index (χ3n) is 7.49. The van der Waals surface area contributed by atoms with Gasteiger partial charge in [-0.15, -0.1) is 0 Å². The molecular formula is C23H33N3O2. The quantitative estimate of drug-likeness (QED) is 0.602. The van der Waals surface area contributed by atoms with Crippen LogP contribution < -0.4 is 15.4 Å². The van der Waals surface area contributed by atoms with Gasteiger partial charge in [0.05, 0.1) is 12.1 Å². The van der Waals surface area contributed by atoms with E-state index in [1.165, 1.54) is 37.7 Å². The van der Waals surface area contributed by atoms with Gasteiger partial charge in [0, 0.05) is 43.0 Å². The Kier molecular flexibility index (Phi) is 4.34. The first-order valence-corrected chi connectivity index (χ1v) is 10.9. The predicted molar refractivity (Wildman–Crippen MR) is 111 cm³/mol. The second-order valence-electron chi connectivity index (χ2n) is 9.68. The molecule has 1 saturated heterocycles. The van der Waals surface area contributed by atoms with Crippen molar-refractivity contribution in [1.82, 2.24) is 10.6 Å². The number of ether oxygens (including phenoxy) is 2. The average Bonchev–Trinajstić information content (AvgIpc) is 3.32. The van der Waals surface area contributed by atoms with E-state index in [2.05, 4.69) is 47.7 Å². The minimum atomic E-state index is -0.196. The van der Waals surface area contributed by atoms with Crippen LogP contribution in [0.2, 0.25) is 0 Å². The zero-order valence-electron chi connectivity index (χ0n) is 17.3. The SMILES string of the molecule is CN=C(NC1CC(C)(C)Oc2ccccc21)NC1C2CCOC2C12CCCC2. The lowest BCUT2D eigenvalue weighted by atomic mass is 9.54. The summed E-state index contributed by atoms with van der Waals surface area (Å²) in [5, 5.41) is 7.55. The number of hydrogen-bond donors (Lipinski definition) is 2. The molecule has 2 heterocycles. The van der Waals surface area contributed by atoms with E-state index in [9.17, 15) is 0 Å². The molecule has 152 valence electrons. The third-order valence-corrected chi connectivity index (χ3v) is 7.49. The number of rotatable bonds is 2. The molecule has 1 aromatic carbocycles. The molecule has 0 bridgehead atoms. The maximum absolute atomic E-state index is 6.19. The van der Waals surface area contributed by atoms with Crippen LogP contribution in [0.25, 0.3) is 0 Å². The van der Waals surface area contributed by atoms with E-state index in [0.29, 0.717) is 23.5 Å². The average molecular weight is 384 g/mol. The van der Waals surface area contributed by atoms with E-state index in [1.807, 2.05) is 13.1 Å². The van der Waals surface area contributed by atoms with E-state index in [1.54, 1.807) is 0 Å². The largest absolute Gasteiger partial charge is 0.487 e. The molecule has 0 amide bonds. The highest BCUT2D eigenvalue weighted by molar-refractivity contribution is 5.81. The topological polar surface area (TPSA) is 54.9 Å². The number of fused-ring (bicyclic) bond motifs is 3. The van der Waals surface area contributed by atoms with Crippen LogP contribution in [-0.4, -0.2) is 37.4 Å². The van der Waals surface area contributed by atoms with Crippen molar-refractivity contribution in [3.63, 3.8) is 0 Å².